The Labute approximate surface area is 186 Å². The molecule has 0 unspecified atom stereocenters. The highest BCUT2D eigenvalue weighted by Gasteiger charge is 2.24. The van der Waals surface area contributed by atoms with Gasteiger partial charge in [-0.05, 0) is 29.3 Å². The van der Waals surface area contributed by atoms with Gasteiger partial charge in [-0.25, -0.2) is 8.78 Å². The molecule has 7 nitrogen and oxygen atoms in total. The highest BCUT2D eigenvalue weighted by Crippen LogP contribution is 2.33. The molecule has 3 aromatic carbocycles. The summed E-state index contributed by atoms with van der Waals surface area (Å²) in [6.45, 7) is 1.46. The normalized spacial score (nSPS) is 13.1. The van der Waals surface area contributed by atoms with Gasteiger partial charge in [0.1, 0.15) is 17.2 Å². The van der Waals surface area contributed by atoms with Crippen molar-refractivity contribution >= 4 is 39.2 Å². The van der Waals surface area contributed by atoms with Crippen molar-refractivity contribution in [3.05, 3.63) is 83.1 Å². The molecule has 0 fully saturated rings. The summed E-state index contributed by atoms with van der Waals surface area (Å²) in [6.07, 6.45) is 1.28. The zero-order chi connectivity index (χ0) is 22.7. The minimum atomic E-state index is -0.944. The van der Waals surface area contributed by atoms with Gasteiger partial charge in [0.25, 0.3) is 5.91 Å². The quantitative estimate of drug-likeness (QED) is 0.430. The molecule has 0 aliphatic carbocycles. The molecule has 0 atom stereocenters. The topological polar surface area (TPSA) is 78.8 Å². The number of carbonyl (C=O) groups is 1. The molecule has 164 valence electrons. The molecule has 6 rings (SSSR count). The summed E-state index contributed by atoms with van der Waals surface area (Å²) in [6, 6.07) is 14.5. The lowest BCUT2D eigenvalue weighted by Crippen LogP contribution is -2.16. The minimum absolute atomic E-state index is 0.0882. The SMILES string of the molecule is Cn1ncc2c(F)c(C(=O)Nc3ccc4[nH]nc(N5Cc6ccccc6C5)c4c3)c(F)cc21. The predicted octanol–water partition coefficient (Wildman–Crippen LogP) is 4.50. The average Bonchev–Trinajstić information content (AvgIpc) is 3.50. The Bertz CT molecular complexity index is 1550. The van der Waals surface area contributed by atoms with Gasteiger partial charge >= 0.3 is 0 Å². The molecule has 0 radical (unpaired) electrons. The fourth-order valence-electron chi connectivity index (χ4n) is 4.42. The van der Waals surface area contributed by atoms with Gasteiger partial charge in [-0.1, -0.05) is 24.3 Å². The first-order chi connectivity index (χ1) is 16.0. The van der Waals surface area contributed by atoms with E-state index >= 15 is 0 Å². The van der Waals surface area contributed by atoms with Crippen molar-refractivity contribution in [3.63, 3.8) is 0 Å². The number of nitrogens with zero attached hydrogens (tertiary/aromatic N) is 4. The average molecular weight is 444 g/mol. The number of nitrogens with one attached hydrogen (secondary N) is 2. The van der Waals surface area contributed by atoms with Crippen LogP contribution in [0, 0.1) is 11.6 Å². The lowest BCUT2D eigenvalue weighted by atomic mass is 10.1. The molecule has 0 spiro atoms. The van der Waals surface area contributed by atoms with E-state index in [-0.39, 0.29) is 10.9 Å². The van der Waals surface area contributed by atoms with Crippen molar-refractivity contribution < 1.29 is 13.6 Å². The van der Waals surface area contributed by atoms with Crippen LogP contribution in [0.5, 0.6) is 0 Å². The number of amides is 1. The highest BCUT2D eigenvalue weighted by atomic mass is 19.1. The number of halogens is 2. The second-order valence-electron chi connectivity index (χ2n) is 8.13. The van der Waals surface area contributed by atoms with Gasteiger partial charge in [0.15, 0.2) is 5.82 Å². The van der Waals surface area contributed by atoms with Gasteiger partial charge in [0.05, 0.1) is 22.6 Å². The summed E-state index contributed by atoms with van der Waals surface area (Å²) >= 11 is 0. The second kappa shape index (κ2) is 7.13. The summed E-state index contributed by atoms with van der Waals surface area (Å²) in [4.78, 5) is 15.0. The molecule has 3 heterocycles. The fourth-order valence-corrected chi connectivity index (χ4v) is 4.42. The van der Waals surface area contributed by atoms with Gasteiger partial charge in [-0.3, -0.25) is 14.6 Å². The molecule has 9 heteroatoms. The smallest absolute Gasteiger partial charge is 0.261 e. The van der Waals surface area contributed by atoms with E-state index in [1.165, 1.54) is 22.0 Å². The zero-order valence-corrected chi connectivity index (χ0v) is 17.6. The van der Waals surface area contributed by atoms with E-state index in [9.17, 15) is 13.6 Å². The number of carbonyl (C=O) groups excluding carboxylic acids is 1. The summed E-state index contributed by atoms with van der Waals surface area (Å²) in [5, 5.41) is 14.9. The Balaban J connectivity index is 1.33. The van der Waals surface area contributed by atoms with Crippen LogP contribution >= 0.6 is 0 Å². The maximum Gasteiger partial charge on any atom is 0.261 e. The Morgan fingerprint density at radius 2 is 1.82 bits per heavy atom. The van der Waals surface area contributed by atoms with Gasteiger partial charge in [-0.15, -0.1) is 0 Å². The van der Waals surface area contributed by atoms with Crippen molar-refractivity contribution in [1.29, 1.82) is 0 Å². The van der Waals surface area contributed by atoms with Crippen LogP contribution in [0.1, 0.15) is 21.5 Å². The van der Waals surface area contributed by atoms with E-state index in [0.717, 1.165) is 35.9 Å². The van der Waals surface area contributed by atoms with Crippen LogP contribution in [0.15, 0.2) is 54.7 Å². The minimum Gasteiger partial charge on any atom is -0.346 e. The van der Waals surface area contributed by atoms with E-state index in [2.05, 4.69) is 37.6 Å². The van der Waals surface area contributed by atoms with E-state index in [1.54, 1.807) is 25.2 Å². The second-order valence-corrected chi connectivity index (χ2v) is 8.13. The molecule has 1 aliphatic rings. The summed E-state index contributed by atoms with van der Waals surface area (Å²) in [5.41, 5.74) is 3.34. The molecular weight excluding hydrogens is 426 g/mol. The number of hydrogen-bond acceptors (Lipinski definition) is 4. The maximum atomic E-state index is 14.9. The first-order valence-corrected chi connectivity index (χ1v) is 10.4. The lowest BCUT2D eigenvalue weighted by Gasteiger charge is -2.15. The standard InChI is InChI=1S/C24H18F2N6O/c1-31-20-9-18(25)21(22(26)17(20)10-27-31)24(33)28-15-6-7-19-16(8-15)23(30-29-19)32-11-13-4-2-3-5-14(13)12-32/h2-10H,11-12H2,1H3,(H,28,33)(H,29,30). The number of H-pyrrole nitrogens is 1. The summed E-state index contributed by atoms with van der Waals surface area (Å²) < 4.78 is 30.9. The van der Waals surface area contributed by atoms with Gasteiger partial charge in [-0.2, -0.15) is 10.2 Å². The van der Waals surface area contributed by atoms with Crippen LogP contribution in [0.25, 0.3) is 21.8 Å². The van der Waals surface area contributed by atoms with E-state index in [0.29, 0.717) is 5.69 Å². The fraction of sp³-hybridized carbons (Fsp3) is 0.125. The van der Waals surface area contributed by atoms with E-state index < -0.39 is 23.1 Å². The Kier molecular flexibility index (Phi) is 4.19. The number of aromatic nitrogens is 4. The molecule has 5 aromatic rings. The largest absolute Gasteiger partial charge is 0.346 e. The van der Waals surface area contributed by atoms with Crippen molar-refractivity contribution in [2.75, 3.05) is 10.2 Å². The Morgan fingerprint density at radius 3 is 2.58 bits per heavy atom. The number of benzene rings is 3. The first-order valence-electron chi connectivity index (χ1n) is 10.4. The third-order valence-corrected chi connectivity index (χ3v) is 6.11. The lowest BCUT2D eigenvalue weighted by molar-refractivity contribution is 0.101. The third kappa shape index (κ3) is 3.04. The number of rotatable bonds is 3. The number of fused-ring (bicyclic) bond motifs is 3. The number of anilines is 2. The van der Waals surface area contributed by atoms with Crippen LogP contribution < -0.4 is 10.2 Å². The Hall–Kier alpha value is -4.27. The molecule has 33 heavy (non-hydrogen) atoms. The predicted molar refractivity (Wildman–Crippen MR) is 121 cm³/mol. The van der Waals surface area contributed by atoms with Crippen LogP contribution in [0.4, 0.5) is 20.3 Å². The van der Waals surface area contributed by atoms with Crippen molar-refractivity contribution in [3.8, 4) is 0 Å². The summed E-state index contributed by atoms with van der Waals surface area (Å²) in [5.74, 6) is -1.99. The Morgan fingerprint density at radius 1 is 1.06 bits per heavy atom. The number of aromatic amines is 1. The maximum absolute atomic E-state index is 14.9. The molecule has 0 saturated carbocycles. The molecule has 2 N–H and O–H groups in total. The molecule has 1 aliphatic heterocycles. The van der Waals surface area contributed by atoms with E-state index in [1.807, 2.05) is 12.1 Å². The van der Waals surface area contributed by atoms with Crippen molar-refractivity contribution in [1.82, 2.24) is 20.0 Å². The molecular formula is C24H18F2N6O. The van der Waals surface area contributed by atoms with Gasteiger partial charge in [0, 0.05) is 37.3 Å². The molecule has 0 saturated heterocycles. The van der Waals surface area contributed by atoms with Crippen LogP contribution in [-0.2, 0) is 20.1 Å². The van der Waals surface area contributed by atoms with Crippen molar-refractivity contribution in [2.24, 2.45) is 7.05 Å². The van der Waals surface area contributed by atoms with Crippen molar-refractivity contribution in [2.45, 2.75) is 13.1 Å². The molecule has 0 bridgehead atoms. The molecule has 1 amide bonds. The van der Waals surface area contributed by atoms with Gasteiger partial charge < -0.3 is 10.2 Å². The summed E-state index contributed by atoms with van der Waals surface area (Å²) in [7, 11) is 1.58. The molecule has 2 aromatic heterocycles. The van der Waals surface area contributed by atoms with E-state index in [4.69, 9.17) is 0 Å². The van der Waals surface area contributed by atoms with Gasteiger partial charge in [0.2, 0.25) is 0 Å². The van der Waals surface area contributed by atoms with Crippen LogP contribution in [-0.4, -0.2) is 25.9 Å². The number of aryl methyl sites for hydroxylation is 1. The number of hydrogen-bond donors (Lipinski definition) is 2. The van der Waals surface area contributed by atoms with Crippen LogP contribution in [0.2, 0.25) is 0 Å². The first kappa shape index (κ1) is 19.4. The monoisotopic (exact) mass is 444 g/mol. The third-order valence-electron chi connectivity index (χ3n) is 6.11. The zero-order valence-electron chi connectivity index (χ0n) is 17.6. The highest BCUT2D eigenvalue weighted by molar-refractivity contribution is 6.08. The van der Waals surface area contributed by atoms with Crippen LogP contribution in [0.3, 0.4) is 0 Å².